The number of halogens is 1. The highest BCUT2D eigenvalue weighted by Gasteiger charge is 2.01. The standard InChI is InChI=1S/C19H13ClN2O/c20-16-8-6-15-7-9-17(22-19(15)12-16)13-23-18-5-1-3-14(11-18)4-2-10-21/h1-9,11-12H,13H2. The van der Waals surface area contributed by atoms with Crippen LogP contribution in [0.2, 0.25) is 5.02 Å². The zero-order valence-electron chi connectivity index (χ0n) is 12.2. The van der Waals surface area contributed by atoms with Crippen LogP contribution in [0.1, 0.15) is 11.3 Å². The van der Waals surface area contributed by atoms with E-state index in [1.165, 1.54) is 6.08 Å². The minimum Gasteiger partial charge on any atom is -0.487 e. The molecule has 0 saturated carbocycles. The SMILES string of the molecule is N#CC=Cc1cccc(OCc2ccc3ccc(Cl)cc3n2)c1. The molecule has 1 aromatic heterocycles. The zero-order chi connectivity index (χ0) is 16.1. The van der Waals surface area contributed by atoms with Gasteiger partial charge < -0.3 is 4.74 Å². The predicted octanol–water partition coefficient (Wildman–Crippen LogP) is 5.00. The molecule has 0 unspecified atom stereocenters. The molecule has 3 nitrogen and oxygen atoms in total. The lowest BCUT2D eigenvalue weighted by Crippen LogP contribution is -1.98. The number of hydrogen-bond donors (Lipinski definition) is 0. The highest BCUT2D eigenvalue weighted by atomic mass is 35.5. The van der Waals surface area contributed by atoms with Crippen molar-refractivity contribution < 1.29 is 4.74 Å². The summed E-state index contributed by atoms with van der Waals surface area (Å²) in [6.45, 7) is 0.369. The Hall–Kier alpha value is -2.83. The van der Waals surface area contributed by atoms with Crippen LogP contribution in [0.25, 0.3) is 17.0 Å². The lowest BCUT2D eigenvalue weighted by Gasteiger charge is -2.07. The van der Waals surface area contributed by atoms with Crippen LogP contribution in [-0.4, -0.2) is 4.98 Å². The van der Waals surface area contributed by atoms with E-state index in [-0.39, 0.29) is 0 Å². The Labute approximate surface area is 139 Å². The Morgan fingerprint density at radius 2 is 2.00 bits per heavy atom. The smallest absolute Gasteiger partial charge is 0.130 e. The molecule has 4 heteroatoms. The van der Waals surface area contributed by atoms with Gasteiger partial charge in [0.25, 0.3) is 0 Å². The maximum Gasteiger partial charge on any atom is 0.130 e. The molecule has 0 bridgehead atoms. The number of hydrogen-bond acceptors (Lipinski definition) is 3. The van der Waals surface area contributed by atoms with Crippen LogP contribution in [0.3, 0.4) is 0 Å². The van der Waals surface area contributed by atoms with Crippen LogP contribution in [0.4, 0.5) is 0 Å². The fourth-order valence-corrected chi connectivity index (χ4v) is 2.38. The number of aromatic nitrogens is 1. The molecule has 2 aromatic carbocycles. The van der Waals surface area contributed by atoms with E-state index in [0.29, 0.717) is 11.6 Å². The summed E-state index contributed by atoms with van der Waals surface area (Å²) in [7, 11) is 0. The van der Waals surface area contributed by atoms with Crippen molar-refractivity contribution in [1.82, 2.24) is 4.98 Å². The van der Waals surface area contributed by atoms with Gasteiger partial charge in [-0.2, -0.15) is 5.26 Å². The van der Waals surface area contributed by atoms with Crippen molar-refractivity contribution in [2.24, 2.45) is 0 Å². The molecule has 0 spiro atoms. The first kappa shape index (κ1) is 15.1. The summed E-state index contributed by atoms with van der Waals surface area (Å²) in [5, 5.41) is 10.3. The normalized spacial score (nSPS) is 10.8. The number of allylic oxidation sites excluding steroid dienone is 1. The number of pyridine rings is 1. The molecule has 0 saturated heterocycles. The molecule has 0 aliphatic heterocycles. The van der Waals surface area contributed by atoms with E-state index in [0.717, 1.165) is 27.9 Å². The highest BCUT2D eigenvalue weighted by Crippen LogP contribution is 2.19. The molecular weight excluding hydrogens is 308 g/mol. The average molecular weight is 321 g/mol. The maximum atomic E-state index is 8.57. The van der Waals surface area contributed by atoms with Gasteiger partial charge >= 0.3 is 0 Å². The van der Waals surface area contributed by atoms with Crippen molar-refractivity contribution in [2.45, 2.75) is 6.61 Å². The molecule has 3 rings (SSSR count). The first-order valence-electron chi connectivity index (χ1n) is 7.09. The molecule has 0 amide bonds. The number of benzene rings is 2. The topological polar surface area (TPSA) is 45.9 Å². The van der Waals surface area contributed by atoms with Gasteiger partial charge in [-0.1, -0.05) is 35.9 Å². The van der Waals surface area contributed by atoms with Crippen molar-refractivity contribution >= 4 is 28.6 Å². The first-order chi connectivity index (χ1) is 11.2. The molecule has 0 atom stereocenters. The molecule has 0 fully saturated rings. The lowest BCUT2D eigenvalue weighted by atomic mass is 10.2. The third-order valence-corrected chi connectivity index (χ3v) is 3.54. The summed E-state index contributed by atoms with van der Waals surface area (Å²) < 4.78 is 5.78. The predicted molar refractivity (Wildman–Crippen MR) is 92.2 cm³/mol. The van der Waals surface area contributed by atoms with E-state index < -0.39 is 0 Å². The van der Waals surface area contributed by atoms with Crippen LogP contribution in [0.15, 0.2) is 60.7 Å². The van der Waals surface area contributed by atoms with E-state index in [9.17, 15) is 0 Å². The monoisotopic (exact) mass is 320 g/mol. The molecule has 0 radical (unpaired) electrons. The molecule has 3 aromatic rings. The number of rotatable bonds is 4. The van der Waals surface area contributed by atoms with Gasteiger partial charge in [0.2, 0.25) is 0 Å². The molecule has 23 heavy (non-hydrogen) atoms. The number of ether oxygens (including phenoxy) is 1. The van der Waals surface area contributed by atoms with Crippen LogP contribution in [-0.2, 0) is 6.61 Å². The average Bonchev–Trinajstić information content (AvgIpc) is 2.58. The second-order valence-corrected chi connectivity index (χ2v) is 5.40. The zero-order valence-corrected chi connectivity index (χ0v) is 13.0. The van der Waals surface area contributed by atoms with Gasteiger partial charge in [0.15, 0.2) is 0 Å². The highest BCUT2D eigenvalue weighted by molar-refractivity contribution is 6.31. The summed E-state index contributed by atoms with van der Waals surface area (Å²) in [4.78, 5) is 4.56. The second kappa shape index (κ2) is 6.95. The first-order valence-corrected chi connectivity index (χ1v) is 7.46. The fourth-order valence-electron chi connectivity index (χ4n) is 2.21. The van der Waals surface area contributed by atoms with Gasteiger partial charge in [-0.15, -0.1) is 0 Å². The summed E-state index contributed by atoms with van der Waals surface area (Å²) in [6.07, 6.45) is 3.18. The van der Waals surface area contributed by atoms with Gasteiger partial charge in [0.05, 0.1) is 17.3 Å². The van der Waals surface area contributed by atoms with Gasteiger partial charge in [-0.3, -0.25) is 0 Å². The Morgan fingerprint density at radius 3 is 2.87 bits per heavy atom. The van der Waals surface area contributed by atoms with E-state index in [1.54, 1.807) is 6.08 Å². The van der Waals surface area contributed by atoms with Crippen LogP contribution < -0.4 is 4.74 Å². The van der Waals surface area contributed by atoms with E-state index in [4.69, 9.17) is 21.6 Å². The van der Waals surface area contributed by atoms with Crippen LogP contribution in [0.5, 0.6) is 5.75 Å². The van der Waals surface area contributed by atoms with E-state index in [2.05, 4.69) is 4.98 Å². The van der Waals surface area contributed by atoms with Gasteiger partial charge in [0.1, 0.15) is 12.4 Å². The van der Waals surface area contributed by atoms with E-state index in [1.807, 2.05) is 60.7 Å². The number of fused-ring (bicyclic) bond motifs is 1. The van der Waals surface area contributed by atoms with Crippen molar-refractivity contribution in [3.63, 3.8) is 0 Å². The van der Waals surface area contributed by atoms with Crippen LogP contribution >= 0.6 is 11.6 Å². The minimum atomic E-state index is 0.369. The summed E-state index contributed by atoms with van der Waals surface area (Å²) in [5.41, 5.74) is 2.60. The molecule has 0 N–H and O–H groups in total. The van der Waals surface area contributed by atoms with Gasteiger partial charge in [-0.05, 0) is 42.0 Å². The largest absolute Gasteiger partial charge is 0.487 e. The van der Waals surface area contributed by atoms with Crippen molar-refractivity contribution in [3.8, 4) is 11.8 Å². The minimum absolute atomic E-state index is 0.369. The molecule has 112 valence electrons. The fraction of sp³-hybridized carbons (Fsp3) is 0.0526. The number of nitrogens with zero attached hydrogens (tertiary/aromatic N) is 2. The Kier molecular flexibility index (Phi) is 4.56. The Bertz CT molecular complexity index is 913. The summed E-state index contributed by atoms with van der Waals surface area (Å²) in [6, 6.07) is 19.1. The number of nitriles is 1. The van der Waals surface area contributed by atoms with Crippen LogP contribution in [0, 0.1) is 11.3 Å². The van der Waals surface area contributed by atoms with E-state index >= 15 is 0 Å². The van der Waals surface area contributed by atoms with Crippen molar-refractivity contribution in [3.05, 3.63) is 77.0 Å². The molecule has 1 heterocycles. The van der Waals surface area contributed by atoms with Crippen molar-refractivity contribution in [1.29, 1.82) is 5.26 Å². The quantitative estimate of drug-likeness (QED) is 0.635. The summed E-state index contributed by atoms with van der Waals surface area (Å²) in [5.74, 6) is 0.734. The summed E-state index contributed by atoms with van der Waals surface area (Å²) >= 11 is 6.00. The van der Waals surface area contributed by atoms with Gasteiger partial charge in [-0.25, -0.2) is 4.98 Å². The molecule has 0 aliphatic carbocycles. The molecular formula is C19H13ClN2O. The Morgan fingerprint density at radius 1 is 1.13 bits per heavy atom. The second-order valence-electron chi connectivity index (χ2n) is 4.96. The maximum absolute atomic E-state index is 8.57. The Balaban J connectivity index is 1.75. The third-order valence-electron chi connectivity index (χ3n) is 3.31. The lowest BCUT2D eigenvalue weighted by molar-refractivity contribution is 0.302. The third kappa shape index (κ3) is 3.88. The van der Waals surface area contributed by atoms with Crippen molar-refractivity contribution in [2.75, 3.05) is 0 Å². The van der Waals surface area contributed by atoms with Gasteiger partial charge in [0, 0.05) is 16.5 Å². The molecule has 0 aliphatic rings.